The Balaban J connectivity index is 2.04. The summed E-state index contributed by atoms with van der Waals surface area (Å²) in [6, 6.07) is 6.46. The van der Waals surface area contributed by atoms with Gasteiger partial charge in [-0.3, -0.25) is 0 Å². The van der Waals surface area contributed by atoms with Gasteiger partial charge in [0.25, 0.3) is 0 Å². The van der Waals surface area contributed by atoms with Crippen molar-refractivity contribution in [1.82, 2.24) is 4.57 Å². The fourth-order valence-corrected chi connectivity index (χ4v) is 2.54. The zero-order valence-electron chi connectivity index (χ0n) is 9.33. The van der Waals surface area contributed by atoms with Gasteiger partial charge in [-0.1, -0.05) is 17.7 Å². The molecule has 0 amide bonds. The van der Waals surface area contributed by atoms with Crippen molar-refractivity contribution in [3.63, 3.8) is 0 Å². The molecule has 1 aliphatic rings. The molecule has 0 spiro atoms. The van der Waals surface area contributed by atoms with Gasteiger partial charge in [0.05, 0.1) is 5.02 Å². The van der Waals surface area contributed by atoms with Crippen LogP contribution in [0.15, 0.2) is 24.4 Å². The van der Waals surface area contributed by atoms with Gasteiger partial charge >= 0.3 is 0 Å². The number of nitrogens with two attached hydrogens (primary N) is 1. The Morgan fingerprint density at radius 1 is 1.44 bits per heavy atom. The van der Waals surface area contributed by atoms with Crippen molar-refractivity contribution < 1.29 is 0 Å². The second kappa shape index (κ2) is 3.25. The molecule has 1 aliphatic carbocycles. The highest BCUT2D eigenvalue weighted by atomic mass is 35.5. The van der Waals surface area contributed by atoms with E-state index in [-0.39, 0.29) is 5.54 Å². The number of fused-ring (bicyclic) bond motifs is 1. The van der Waals surface area contributed by atoms with Crippen LogP contribution in [-0.2, 0) is 13.5 Å². The van der Waals surface area contributed by atoms with Gasteiger partial charge in [-0.15, -0.1) is 0 Å². The second-order valence-corrected chi connectivity index (χ2v) is 5.39. The average molecular weight is 235 g/mol. The van der Waals surface area contributed by atoms with Gasteiger partial charge in [-0.2, -0.15) is 0 Å². The third kappa shape index (κ3) is 1.62. The summed E-state index contributed by atoms with van der Waals surface area (Å²) in [7, 11) is 2.01. The minimum atomic E-state index is 0.0644. The van der Waals surface area contributed by atoms with E-state index in [9.17, 15) is 0 Å². The normalized spacial score (nSPS) is 17.9. The van der Waals surface area contributed by atoms with Crippen LogP contribution >= 0.6 is 11.6 Å². The van der Waals surface area contributed by atoms with Crippen molar-refractivity contribution in [1.29, 1.82) is 0 Å². The smallest absolute Gasteiger partial charge is 0.0661 e. The van der Waals surface area contributed by atoms with Crippen molar-refractivity contribution in [3.8, 4) is 0 Å². The molecule has 1 aromatic heterocycles. The van der Waals surface area contributed by atoms with E-state index in [0.29, 0.717) is 0 Å². The first-order valence-electron chi connectivity index (χ1n) is 5.60. The average Bonchev–Trinajstić information content (AvgIpc) is 2.88. The molecule has 0 unspecified atom stereocenters. The highest BCUT2D eigenvalue weighted by Crippen LogP contribution is 2.36. The first-order valence-corrected chi connectivity index (χ1v) is 5.98. The van der Waals surface area contributed by atoms with Crippen LogP contribution in [0.3, 0.4) is 0 Å². The SMILES string of the molecule is Cn1cc(Cl)c2cc(CC3(N)CC3)ccc21. The number of aryl methyl sites for hydroxylation is 1. The second-order valence-electron chi connectivity index (χ2n) is 4.98. The summed E-state index contributed by atoms with van der Waals surface area (Å²) in [5.41, 5.74) is 8.66. The molecular formula is C13H15ClN2. The number of aromatic nitrogens is 1. The number of nitrogens with zero attached hydrogens (tertiary/aromatic N) is 1. The number of halogens is 1. The Labute approximate surface area is 100.0 Å². The van der Waals surface area contributed by atoms with Gasteiger partial charge in [0.15, 0.2) is 0 Å². The Hall–Kier alpha value is -0.990. The van der Waals surface area contributed by atoms with Gasteiger partial charge in [0.2, 0.25) is 0 Å². The van der Waals surface area contributed by atoms with Gasteiger partial charge in [0.1, 0.15) is 0 Å². The summed E-state index contributed by atoms with van der Waals surface area (Å²) in [5, 5.41) is 1.95. The first-order chi connectivity index (χ1) is 7.57. The van der Waals surface area contributed by atoms with Crippen molar-refractivity contribution in [2.45, 2.75) is 24.8 Å². The Morgan fingerprint density at radius 3 is 2.88 bits per heavy atom. The molecule has 0 aliphatic heterocycles. The van der Waals surface area contributed by atoms with E-state index in [2.05, 4.69) is 22.8 Å². The molecule has 3 heteroatoms. The van der Waals surface area contributed by atoms with Crippen molar-refractivity contribution in [2.75, 3.05) is 0 Å². The van der Waals surface area contributed by atoms with E-state index in [1.165, 1.54) is 11.1 Å². The summed E-state index contributed by atoms with van der Waals surface area (Å²) in [4.78, 5) is 0. The maximum atomic E-state index is 6.18. The van der Waals surface area contributed by atoms with Crippen molar-refractivity contribution >= 4 is 22.5 Å². The molecular weight excluding hydrogens is 220 g/mol. The first kappa shape index (κ1) is 10.2. The topological polar surface area (TPSA) is 30.9 Å². The lowest BCUT2D eigenvalue weighted by Crippen LogP contribution is -2.24. The molecule has 2 nitrogen and oxygen atoms in total. The summed E-state index contributed by atoms with van der Waals surface area (Å²) in [6.45, 7) is 0. The zero-order chi connectivity index (χ0) is 11.3. The molecule has 1 fully saturated rings. The van der Waals surface area contributed by atoms with Gasteiger partial charge in [0, 0.05) is 29.7 Å². The minimum absolute atomic E-state index is 0.0644. The molecule has 0 radical (unpaired) electrons. The quantitative estimate of drug-likeness (QED) is 0.851. The van der Waals surface area contributed by atoms with Crippen LogP contribution in [0.25, 0.3) is 10.9 Å². The number of rotatable bonds is 2. The minimum Gasteiger partial charge on any atom is -0.349 e. The summed E-state index contributed by atoms with van der Waals surface area (Å²) in [5.74, 6) is 0. The molecule has 84 valence electrons. The van der Waals surface area contributed by atoms with E-state index in [1.54, 1.807) is 0 Å². The van der Waals surface area contributed by atoms with Crippen molar-refractivity contribution in [3.05, 3.63) is 35.0 Å². The molecule has 2 aromatic rings. The number of hydrogen-bond acceptors (Lipinski definition) is 1. The summed E-state index contributed by atoms with van der Waals surface area (Å²) >= 11 is 6.18. The van der Waals surface area contributed by atoms with Crippen LogP contribution in [0.1, 0.15) is 18.4 Å². The molecule has 1 aromatic carbocycles. The van der Waals surface area contributed by atoms with E-state index in [1.807, 2.05) is 13.2 Å². The van der Waals surface area contributed by atoms with E-state index < -0.39 is 0 Å². The Morgan fingerprint density at radius 2 is 2.19 bits per heavy atom. The van der Waals surface area contributed by atoms with Crippen LogP contribution in [0.5, 0.6) is 0 Å². The predicted octanol–water partition coefficient (Wildman–Crippen LogP) is 2.87. The fraction of sp³-hybridized carbons (Fsp3) is 0.385. The van der Waals surface area contributed by atoms with Crippen LogP contribution in [0.2, 0.25) is 5.02 Å². The number of hydrogen-bond donors (Lipinski definition) is 1. The maximum absolute atomic E-state index is 6.18. The summed E-state index contributed by atoms with van der Waals surface area (Å²) in [6.07, 6.45) is 5.21. The van der Waals surface area contributed by atoms with E-state index in [0.717, 1.165) is 29.7 Å². The van der Waals surface area contributed by atoms with Crippen LogP contribution in [0.4, 0.5) is 0 Å². The van der Waals surface area contributed by atoms with Crippen LogP contribution in [-0.4, -0.2) is 10.1 Å². The Bertz CT molecular complexity index is 552. The van der Waals surface area contributed by atoms with Crippen LogP contribution in [0, 0.1) is 0 Å². The molecule has 16 heavy (non-hydrogen) atoms. The molecule has 0 saturated heterocycles. The van der Waals surface area contributed by atoms with Gasteiger partial charge in [-0.05, 0) is 37.0 Å². The highest BCUT2D eigenvalue weighted by Gasteiger charge is 2.37. The predicted molar refractivity (Wildman–Crippen MR) is 67.8 cm³/mol. The number of benzene rings is 1. The van der Waals surface area contributed by atoms with Crippen molar-refractivity contribution in [2.24, 2.45) is 12.8 Å². The lowest BCUT2D eigenvalue weighted by molar-refractivity contribution is 0.672. The van der Waals surface area contributed by atoms with Gasteiger partial charge in [-0.25, -0.2) is 0 Å². The maximum Gasteiger partial charge on any atom is 0.0661 e. The lowest BCUT2D eigenvalue weighted by atomic mass is 10.0. The molecule has 0 bridgehead atoms. The molecule has 1 saturated carbocycles. The monoisotopic (exact) mass is 234 g/mol. The Kier molecular flexibility index (Phi) is 2.07. The molecule has 3 rings (SSSR count). The third-order valence-electron chi connectivity index (χ3n) is 3.45. The molecule has 0 atom stereocenters. The standard InChI is InChI=1S/C13H15ClN2/c1-16-8-11(14)10-6-9(2-3-12(10)16)7-13(15)4-5-13/h2-3,6,8H,4-5,7,15H2,1H3. The van der Waals surface area contributed by atoms with E-state index >= 15 is 0 Å². The third-order valence-corrected chi connectivity index (χ3v) is 3.75. The largest absolute Gasteiger partial charge is 0.349 e. The highest BCUT2D eigenvalue weighted by molar-refractivity contribution is 6.35. The molecule has 1 heterocycles. The molecule has 2 N–H and O–H groups in total. The van der Waals surface area contributed by atoms with Gasteiger partial charge < -0.3 is 10.3 Å². The van der Waals surface area contributed by atoms with Crippen LogP contribution < -0.4 is 5.73 Å². The lowest BCUT2D eigenvalue weighted by Gasteiger charge is -2.08. The van der Waals surface area contributed by atoms with E-state index in [4.69, 9.17) is 17.3 Å². The zero-order valence-corrected chi connectivity index (χ0v) is 10.1. The fourth-order valence-electron chi connectivity index (χ4n) is 2.24. The summed E-state index contributed by atoms with van der Waals surface area (Å²) < 4.78 is 2.05.